The number of ether oxygens (including phenoxy) is 1. The molecule has 0 aliphatic carbocycles. The number of benzene rings is 2. The Morgan fingerprint density at radius 2 is 1.90 bits per heavy atom. The van der Waals surface area contributed by atoms with Crippen molar-refractivity contribution in [2.24, 2.45) is 0 Å². The van der Waals surface area contributed by atoms with E-state index >= 15 is 0 Å². The Morgan fingerprint density at radius 3 is 2.60 bits per heavy atom. The molecule has 0 saturated carbocycles. The SMILES string of the molecule is COc1ccccc1CN(C(=O)NC(C)c1cccc(Cl)c1Cl)C1CCN(C)CC1. The van der Waals surface area contributed by atoms with Crippen molar-refractivity contribution in [3.05, 3.63) is 63.6 Å². The van der Waals surface area contributed by atoms with Gasteiger partial charge >= 0.3 is 6.03 Å². The van der Waals surface area contributed by atoms with Crippen LogP contribution in [-0.4, -0.2) is 49.1 Å². The van der Waals surface area contributed by atoms with E-state index in [1.807, 2.05) is 48.2 Å². The lowest BCUT2D eigenvalue weighted by atomic mass is 10.0. The average molecular weight is 450 g/mol. The molecule has 2 aromatic carbocycles. The highest BCUT2D eigenvalue weighted by Crippen LogP contribution is 2.30. The molecule has 0 radical (unpaired) electrons. The lowest BCUT2D eigenvalue weighted by molar-refractivity contribution is 0.125. The van der Waals surface area contributed by atoms with Crippen molar-refractivity contribution in [2.45, 2.75) is 38.4 Å². The normalized spacial score (nSPS) is 16.2. The third-order valence-electron chi connectivity index (χ3n) is 5.71. The van der Waals surface area contributed by atoms with Crippen LogP contribution < -0.4 is 10.1 Å². The van der Waals surface area contributed by atoms with Gasteiger partial charge < -0.3 is 19.9 Å². The first kappa shape index (κ1) is 22.7. The number of halogens is 2. The van der Waals surface area contributed by atoms with E-state index in [9.17, 15) is 4.79 Å². The number of hydrogen-bond donors (Lipinski definition) is 1. The summed E-state index contributed by atoms with van der Waals surface area (Å²) < 4.78 is 5.51. The van der Waals surface area contributed by atoms with Crippen LogP contribution in [-0.2, 0) is 6.54 Å². The van der Waals surface area contributed by atoms with Gasteiger partial charge in [-0.2, -0.15) is 0 Å². The molecule has 1 saturated heterocycles. The first-order chi connectivity index (χ1) is 14.4. The Hall–Kier alpha value is -1.95. The molecule has 3 rings (SSSR count). The van der Waals surface area contributed by atoms with E-state index in [4.69, 9.17) is 27.9 Å². The summed E-state index contributed by atoms with van der Waals surface area (Å²) in [5.41, 5.74) is 1.79. The fourth-order valence-electron chi connectivity index (χ4n) is 3.89. The summed E-state index contributed by atoms with van der Waals surface area (Å²) in [5.74, 6) is 0.786. The van der Waals surface area contributed by atoms with Crippen LogP contribution in [0.15, 0.2) is 42.5 Å². The molecular weight excluding hydrogens is 421 g/mol. The second kappa shape index (κ2) is 10.4. The Kier molecular flexibility index (Phi) is 7.87. The number of carbonyl (C=O) groups excluding carboxylic acids is 1. The first-order valence-corrected chi connectivity index (χ1v) is 11.0. The molecule has 162 valence electrons. The van der Waals surface area contributed by atoms with Gasteiger partial charge in [0.15, 0.2) is 0 Å². The van der Waals surface area contributed by atoms with Crippen molar-refractivity contribution in [3.63, 3.8) is 0 Å². The second-order valence-electron chi connectivity index (χ2n) is 7.79. The van der Waals surface area contributed by atoms with Crippen LogP contribution in [0.5, 0.6) is 5.75 Å². The zero-order valence-corrected chi connectivity index (χ0v) is 19.2. The topological polar surface area (TPSA) is 44.8 Å². The number of nitrogens with zero attached hydrogens (tertiary/aromatic N) is 2. The van der Waals surface area contributed by atoms with E-state index in [-0.39, 0.29) is 18.1 Å². The maximum Gasteiger partial charge on any atom is 0.318 e. The Labute approximate surface area is 188 Å². The first-order valence-electron chi connectivity index (χ1n) is 10.2. The summed E-state index contributed by atoms with van der Waals surface area (Å²) >= 11 is 12.5. The van der Waals surface area contributed by atoms with Crippen molar-refractivity contribution >= 4 is 29.2 Å². The average Bonchev–Trinajstić information content (AvgIpc) is 2.74. The van der Waals surface area contributed by atoms with Gasteiger partial charge in [-0.15, -0.1) is 0 Å². The molecular formula is C23H29Cl2N3O2. The monoisotopic (exact) mass is 449 g/mol. The van der Waals surface area contributed by atoms with Gasteiger partial charge in [-0.1, -0.05) is 53.5 Å². The fourth-order valence-corrected chi connectivity index (χ4v) is 4.36. The number of nitrogens with one attached hydrogen (secondary N) is 1. The highest BCUT2D eigenvalue weighted by Gasteiger charge is 2.29. The van der Waals surface area contributed by atoms with Crippen LogP contribution in [0.1, 0.15) is 36.9 Å². The number of para-hydroxylation sites is 1. The van der Waals surface area contributed by atoms with Gasteiger partial charge in [-0.25, -0.2) is 4.79 Å². The molecule has 1 fully saturated rings. The number of urea groups is 1. The number of amides is 2. The van der Waals surface area contributed by atoms with Crippen molar-refractivity contribution in [1.29, 1.82) is 0 Å². The highest BCUT2D eigenvalue weighted by atomic mass is 35.5. The van der Waals surface area contributed by atoms with E-state index in [0.29, 0.717) is 16.6 Å². The van der Waals surface area contributed by atoms with Gasteiger partial charge in [0.25, 0.3) is 0 Å². The zero-order chi connectivity index (χ0) is 21.7. The van der Waals surface area contributed by atoms with E-state index < -0.39 is 0 Å². The summed E-state index contributed by atoms with van der Waals surface area (Å²) in [5, 5.41) is 4.08. The van der Waals surface area contributed by atoms with E-state index in [1.165, 1.54) is 0 Å². The van der Waals surface area contributed by atoms with Crippen molar-refractivity contribution in [3.8, 4) is 5.75 Å². The summed E-state index contributed by atoms with van der Waals surface area (Å²) in [6.45, 7) is 4.34. The molecule has 0 bridgehead atoms. The smallest absolute Gasteiger partial charge is 0.318 e. The molecule has 2 amide bonds. The van der Waals surface area contributed by atoms with Crippen molar-refractivity contribution in [1.82, 2.24) is 15.1 Å². The second-order valence-corrected chi connectivity index (χ2v) is 8.57. The third kappa shape index (κ3) is 5.39. The number of piperidine rings is 1. The van der Waals surface area contributed by atoms with Gasteiger partial charge in [0.1, 0.15) is 5.75 Å². The zero-order valence-electron chi connectivity index (χ0n) is 17.7. The molecule has 1 heterocycles. The molecule has 2 aromatic rings. The Balaban J connectivity index is 1.81. The number of methoxy groups -OCH3 is 1. The molecule has 30 heavy (non-hydrogen) atoms. The maximum atomic E-state index is 13.4. The minimum absolute atomic E-state index is 0.112. The van der Waals surface area contributed by atoms with Gasteiger partial charge in [0.05, 0.1) is 29.7 Å². The minimum atomic E-state index is -0.268. The standard InChI is InChI=1S/C23H29Cl2N3O2/c1-16(19-8-6-9-20(24)22(19)25)26-23(29)28(18-11-13-27(2)14-12-18)15-17-7-4-5-10-21(17)30-3/h4-10,16,18H,11-15H2,1-3H3,(H,26,29). The number of carbonyl (C=O) groups is 1. The van der Waals surface area contributed by atoms with Crippen molar-refractivity contribution in [2.75, 3.05) is 27.2 Å². The van der Waals surface area contributed by atoms with Gasteiger partial charge in [0.2, 0.25) is 0 Å². The summed E-state index contributed by atoms with van der Waals surface area (Å²) in [6.07, 6.45) is 1.87. The molecule has 1 N–H and O–H groups in total. The minimum Gasteiger partial charge on any atom is -0.496 e. The molecule has 1 atom stereocenters. The highest BCUT2D eigenvalue weighted by molar-refractivity contribution is 6.42. The molecule has 5 nitrogen and oxygen atoms in total. The number of rotatable bonds is 6. The van der Waals surface area contributed by atoms with E-state index in [2.05, 4.69) is 17.3 Å². The molecule has 1 aliphatic heterocycles. The Bertz CT molecular complexity index is 869. The molecule has 7 heteroatoms. The summed E-state index contributed by atoms with van der Waals surface area (Å²) in [6, 6.07) is 13.1. The predicted molar refractivity (Wildman–Crippen MR) is 122 cm³/mol. The lowest BCUT2D eigenvalue weighted by Gasteiger charge is -2.38. The summed E-state index contributed by atoms with van der Waals surface area (Å²) in [7, 11) is 3.77. The van der Waals surface area contributed by atoms with E-state index in [0.717, 1.165) is 42.8 Å². The fraction of sp³-hybridized carbons (Fsp3) is 0.435. The molecule has 1 unspecified atom stereocenters. The third-order valence-corrected chi connectivity index (χ3v) is 6.54. The van der Waals surface area contributed by atoms with Crippen LogP contribution in [0.25, 0.3) is 0 Å². The quantitative estimate of drug-likeness (QED) is 0.644. The van der Waals surface area contributed by atoms with Crippen LogP contribution in [0, 0.1) is 0 Å². The van der Waals surface area contributed by atoms with Gasteiger partial charge in [0, 0.05) is 11.6 Å². The van der Waals surface area contributed by atoms with Crippen LogP contribution in [0.4, 0.5) is 4.79 Å². The molecule has 1 aliphatic rings. The van der Waals surface area contributed by atoms with Crippen molar-refractivity contribution < 1.29 is 9.53 Å². The Morgan fingerprint density at radius 1 is 1.20 bits per heavy atom. The van der Waals surface area contributed by atoms with E-state index in [1.54, 1.807) is 13.2 Å². The van der Waals surface area contributed by atoms with Crippen LogP contribution in [0.2, 0.25) is 10.0 Å². The number of hydrogen-bond acceptors (Lipinski definition) is 3. The predicted octanol–water partition coefficient (Wildman–Crippen LogP) is 5.37. The summed E-state index contributed by atoms with van der Waals surface area (Å²) in [4.78, 5) is 17.6. The van der Waals surface area contributed by atoms with Crippen LogP contribution in [0.3, 0.4) is 0 Å². The molecule has 0 spiro atoms. The maximum absolute atomic E-state index is 13.4. The largest absolute Gasteiger partial charge is 0.496 e. The van der Waals surface area contributed by atoms with Gasteiger partial charge in [-0.05, 0) is 57.6 Å². The number of likely N-dealkylation sites (tertiary alicyclic amines) is 1. The molecule has 0 aromatic heterocycles. The lowest BCUT2D eigenvalue weighted by Crippen LogP contribution is -2.50. The van der Waals surface area contributed by atoms with Crippen LogP contribution >= 0.6 is 23.2 Å². The van der Waals surface area contributed by atoms with Gasteiger partial charge in [-0.3, -0.25) is 0 Å².